The van der Waals surface area contributed by atoms with Crippen LogP contribution in [0.5, 0.6) is 5.75 Å². The molecular formula is C16H17BrFNO. The number of aryl methyl sites for hydroxylation is 1. The maximum atomic E-state index is 13.3. The summed E-state index contributed by atoms with van der Waals surface area (Å²) in [6, 6.07) is 10.3. The minimum atomic E-state index is -0.252. The third kappa shape index (κ3) is 3.58. The van der Waals surface area contributed by atoms with Crippen molar-refractivity contribution in [1.82, 2.24) is 0 Å². The van der Waals surface area contributed by atoms with E-state index in [1.165, 1.54) is 12.1 Å². The van der Waals surface area contributed by atoms with Gasteiger partial charge in [-0.15, -0.1) is 0 Å². The Hall–Kier alpha value is -1.39. The zero-order valence-corrected chi connectivity index (χ0v) is 13.1. The molecule has 0 aliphatic carbocycles. The summed E-state index contributed by atoms with van der Waals surface area (Å²) in [5, 5.41) is 0. The number of rotatable bonds is 4. The molecule has 0 aliphatic rings. The molecule has 0 bridgehead atoms. The lowest BCUT2D eigenvalue weighted by atomic mass is 10.1. The van der Waals surface area contributed by atoms with Gasteiger partial charge in [0.15, 0.2) is 0 Å². The molecule has 0 saturated carbocycles. The Bertz CT molecular complexity index is 613. The van der Waals surface area contributed by atoms with E-state index in [1.54, 1.807) is 6.07 Å². The van der Waals surface area contributed by atoms with Crippen molar-refractivity contribution >= 4 is 15.9 Å². The van der Waals surface area contributed by atoms with E-state index in [9.17, 15) is 4.39 Å². The lowest BCUT2D eigenvalue weighted by Crippen LogP contribution is -2.08. The third-order valence-electron chi connectivity index (χ3n) is 3.16. The second kappa shape index (κ2) is 6.37. The Morgan fingerprint density at radius 1 is 1.25 bits per heavy atom. The van der Waals surface area contributed by atoms with Crippen LogP contribution in [0.3, 0.4) is 0 Å². The molecule has 0 spiro atoms. The summed E-state index contributed by atoms with van der Waals surface area (Å²) >= 11 is 3.42. The highest BCUT2D eigenvalue weighted by atomic mass is 79.9. The van der Waals surface area contributed by atoms with Crippen LogP contribution >= 0.6 is 15.9 Å². The second-order valence-electron chi connectivity index (χ2n) is 4.83. The molecule has 1 atom stereocenters. The molecule has 0 saturated heterocycles. The predicted octanol–water partition coefficient (Wildman–Crippen LogP) is 4.50. The van der Waals surface area contributed by atoms with Gasteiger partial charge in [-0.1, -0.05) is 22.0 Å². The molecule has 2 aromatic carbocycles. The first-order valence-electron chi connectivity index (χ1n) is 6.40. The van der Waals surface area contributed by atoms with Gasteiger partial charge < -0.3 is 10.5 Å². The van der Waals surface area contributed by atoms with E-state index in [1.807, 2.05) is 32.0 Å². The van der Waals surface area contributed by atoms with Gasteiger partial charge in [0.2, 0.25) is 0 Å². The largest absolute Gasteiger partial charge is 0.489 e. The molecule has 0 heterocycles. The first-order valence-corrected chi connectivity index (χ1v) is 7.19. The molecule has 2 N–H and O–H groups in total. The normalized spacial score (nSPS) is 12.2. The quantitative estimate of drug-likeness (QED) is 0.891. The fourth-order valence-corrected chi connectivity index (χ4v) is 2.34. The first-order chi connectivity index (χ1) is 9.47. The van der Waals surface area contributed by atoms with Gasteiger partial charge in [0.25, 0.3) is 0 Å². The summed E-state index contributed by atoms with van der Waals surface area (Å²) in [6.07, 6.45) is 0. The van der Waals surface area contributed by atoms with Crippen molar-refractivity contribution in [2.24, 2.45) is 5.73 Å². The molecule has 0 fully saturated rings. The van der Waals surface area contributed by atoms with E-state index in [0.29, 0.717) is 6.61 Å². The number of benzene rings is 2. The number of ether oxygens (including phenoxy) is 1. The molecule has 0 amide bonds. The van der Waals surface area contributed by atoms with Crippen LogP contribution in [0, 0.1) is 12.7 Å². The lowest BCUT2D eigenvalue weighted by Gasteiger charge is -2.15. The smallest absolute Gasteiger partial charge is 0.124 e. The van der Waals surface area contributed by atoms with Gasteiger partial charge in [-0.2, -0.15) is 0 Å². The average Bonchev–Trinajstić information content (AvgIpc) is 2.40. The van der Waals surface area contributed by atoms with Crippen LogP contribution < -0.4 is 10.5 Å². The summed E-state index contributed by atoms with van der Waals surface area (Å²) < 4.78 is 20.0. The Morgan fingerprint density at radius 2 is 2.00 bits per heavy atom. The number of halogens is 2. The molecule has 0 aliphatic heterocycles. The molecule has 2 rings (SSSR count). The maximum Gasteiger partial charge on any atom is 0.124 e. The molecule has 4 heteroatoms. The van der Waals surface area contributed by atoms with E-state index in [4.69, 9.17) is 10.5 Å². The van der Waals surface area contributed by atoms with Crippen LogP contribution in [0.15, 0.2) is 40.9 Å². The monoisotopic (exact) mass is 337 g/mol. The fraction of sp³-hybridized carbons (Fsp3) is 0.250. The molecule has 2 aromatic rings. The van der Waals surface area contributed by atoms with Gasteiger partial charge in [-0.05, 0) is 55.3 Å². The topological polar surface area (TPSA) is 35.2 Å². The minimum Gasteiger partial charge on any atom is -0.489 e. The van der Waals surface area contributed by atoms with E-state index in [0.717, 1.165) is 26.9 Å². The zero-order valence-electron chi connectivity index (χ0n) is 11.5. The summed E-state index contributed by atoms with van der Waals surface area (Å²) in [5.41, 5.74) is 8.71. The van der Waals surface area contributed by atoms with Crippen molar-refractivity contribution in [3.63, 3.8) is 0 Å². The Morgan fingerprint density at radius 3 is 2.70 bits per heavy atom. The highest BCUT2D eigenvalue weighted by Crippen LogP contribution is 2.28. The second-order valence-corrected chi connectivity index (χ2v) is 5.75. The molecule has 0 aromatic heterocycles. The van der Waals surface area contributed by atoms with Gasteiger partial charge >= 0.3 is 0 Å². The highest BCUT2D eigenvalue weighted by Gasteiger charge is 2.10. The van der Waals surface area contributed by atoms with Crippen molar-refractivity contribution < 1.29 is 9.13 Å². The van der Waals surface area contributed by atoms with Crippen molar-refractivity contribution in [3.05, 3.63) is 63.4 Å². The summed E-state index contributed by atoms with van der Waals surface area (Å²) in [7, 11) is 0. The van der Waals surface area contributed by atoms with Crippen LogP contribution in [-0.2, 0) is 6.61 Å². The Kier molecular flexibility index (Phi) is 4.78. The average molecular weight is 338 g/mol. The van der Waals surface area contributed by atoms with Gasteiger partial charge in [-0.3, -0.25) is 0 Å². The van der Waals surface area contributed by atoms with Crippen LogP contribution in [0.25, 0.3) is 0 Å². The molecule has 20 heavy (non-hydrogen) atoms. The molecule has 2 nitrogen and oxygen atoms in total. The lowest BCUT2D eigenvalue weighted by molar-refractivity contribution is 0.300. The summed E-state index contributed by atoms with van der Waals surface area (Å²) in [6.45, 7) is 4.17. The van der Waals surface area contributed by atoms with Crippen molar-refractivity contribution in [1.29, 1.82) is 0 Å². The van der Waals surface area contributed by atoms with Crippen molar-refractivity contribution in [2.75, 3.05) is 0 Å². The van der Waals surface area contributed by atoms with Crippen LogP contribution in [0.4, 0.5) is 4.39 Å². The maximum absolute atomic E-state index is 13.3. The molecule has 106 valence electrons. The Labute approximate surface area is 126 Å². The van der Waals surface area contributed by atoms with E-state index in [-0.39, 0.29) is 11.9 Å². The standard InChI is InChI=1S/C16H17BrFNO/c1-10-3-5-14(18)7-12(10)9-20-16-6-4-13(17)8-15(16)11(2)19/h3-8,11H,9,19H2,1-2H3/t11-/m1/s1. The predicted molar refractivity (Wildman–Crippen MR) is 82.2 cm³/mol. The van der Waals surface area contributed by atoms with E-state index in [2.05, 4.69) is 15.9 Å². The third-order valence-corrected chi connectivity index (χ3v) is 3.65. The van der Waals surface area contributed by atoms with Crippen LogP contribution in [0.1, 0.15) is 29.7 Å². The number of hydrogen-bond acceptors (Lipinski definition) is 2. The molecule has 0 radical (unpaired) electrons. The summed E-state index contributed by atoms with van der Waals surface area (Å²) in [4.78, 5) is 0. The SMILES string of the molecule is Cc1ccc(F)cc1COc1ccc(Br)cc1[C@@H](C)N. The van der Waals surface area contributed by atoms with E-state index < -0.39 is 0 Å². The van der Waals surface area contributed by atoms with Crippen molar-refractivity contribution in [2.45, 2.75) is 26.5 Å². The first kappa shape index (κ1) is 15.0. The fourth-order valence-electron chi connectivity index (χ4n) is 1.96. The number of hydrogen-bond donors (Lipinski definition) is 1. The van der Waals surface area contributed by atoms with Gasteiger partial charge in [0.05, 0.1) is 0 Å². The van der Waals surface area contributed by atoms with Crippen LogP contribution in [-0.4, -0.2) is 0 Å². The zero-order chi connectivity index (χ0) is 14.7. The molecule has 0 unspecified atom stereocenters. The van der Waals surface area contributed by atoms with E-state index >= 15 is 0 Å². The van der Waals surface area contributed by atoms with Crippen LogP contribution in [0.2, 0.25) is 0 Å². The Balaban J connectivity index is 2.20. The molecular weight excluding hydrogens is 321 g/mol. The number of nitrogens with two attached hydrogens (primary N) is 1. The highest BCUT2D eigenvalue weighted by molar-refractivity contribution is 9.10. The van der Waals surface area contributed by atoms with Crippen molar-refractivity contribution in [3.8, 4) is 5.75 Å². The van der Waals surface area contributed by atoms with Gasteiger partial charge in [0.1, 0.15) is 18.2 Å². The van der Waals surface area contributed by atoms with Gasteiger partial charge in [0, 0.05) is 16.1 Å². The summed E-state index contributed by atoms with van der Waals surface area (Å²) in [5.74, 6) is 0.476. The minimum absolute atomic E-state index is 0.129. The van der Waals surface area contributed by atoms with Gasteiger partial charge in [-0.25, -0.2) is 4.39 Å².